The first kappa shape index (κ1) is 19.2. The highest BCUT2D eigenvalue weighted by Gasteiger charge is 1.90. The number of hydrogen-bond acceptors (Lipinski definition) is 1. The molecule has 0 saturated carbocycles. The normalized spacial score (nSPS) is 9.93. The first-order valence-corrected chi connectivity index (χ1v) is 5.42. The van der Waals surface area contributed by atoms with Crippen LogP contribution < -0.4 is 0 Å². The van der Waals surface area contributed by atoms with Gasteiger partial charge in [-0.15, -0.1) is 0 Å². The van der Waals surface area contributed by atoms with Gasteiger partial charge in [0.15, 0.2) is 0 Å². The van der Waals surface area contributed by atoms with E-state index in [1.165, 1.54) is 6.21 Å². The van der Waals surface area contributed by atoms with Crippen LogP contribution in [0.4, 0.5) is 0 Å². The van der Waals surface area contributed by atoms with Crippen molar-refractivity contribution in [2.45, 2.75) is 34.6 Å². The largest absolute Gasteiger partial charge is 0.308 e. The zero-order valence-corrected chi connectivity index (χ0v) is 10.8. The number of hydrogen-bond donors (Lipinski definition) is 1. The van der Waals surface area contributed by atoms with E-state index in [1.54, 1.807) is 12.2 Å². The summed E-state index contributed by atoms with van der Waals surface area (Å²) in [7, 11) is 0. The van der Waals surface area contributed by atoms with Crippen LogP contribution in [0.15, 0.2) is 48.6 Å². The van der Waals surface area contributed by atoms with Gasteiger partial charge in [0.1, 0.15) is 0 Å². The van der Waals surface area contributed by atoms with E-state index in [-0.39, 0.29) is 0 Å². The van der Waals surface area contributed by atoms with Gasteiger partial charge in [0.2, 0.25) is 0 Å². The molecular formula is C14H25N. The van der Waals surface area contributed by atoms with Crippen LogP contribution in [0, 0.1) is 5.41 Å². The first-order chi connectivity index (χ1) is 7.29. The van der Waals surface area contributed by atoms with Gasteiger partial charge in [0.05, 0.1) is 0 Å². The average Bonchev–Trinajstić information content (AvgIpc) is 2.34. The topological polar surface area (TPSA) is 23.9 Å². The third kappa shape index (κ3) is 10.6. The van der Waals surface area contributed by atoms with E-state index in [2.05, 4.69) is 13.2 Å². The molecule has 0 aromatic rings. The molecule has 0 bridgehead atoms. The Bertz CT molecular complexity index is 209. The van der Waals surface area contributed by atoms with Crippen molar-refractivity contribution in [1.29, 1.82) is 5.41 Å². The number of rotatable bonds is 4. The summed E-state index contributed by atoms with van der Waals surface area (Å²) in [5.74, 6) is 0. The Morgan fingerprint density at radius 1 is 0.933 bits per heavy atom. The minimum Gasteiger partial charge on any atom is -0.308 e. The first-order valence-electron chi connectivity index (χ1n) is 5.42. The van der Waals surface area contributed by atoms with Crippen LogP contribution in [0.25, 0.3) is 0 Å². The molecule has 15 heavy (non-hydrogen) atoms. The Labute approximate surface area is 95.4 Å². The zero-order valence-electron chi connectivity index (χ0n) is 10.8. The molecule has 0 aliphatic carbocycles. The van der Waals surface area contributed by atoms with Gasteiger partial charge >= 0.3 is 0 Å². The molecule has 0 fully saturated rings. The minimum atomic E-state index is 0.790. The lowest BCUT2D eigenvalue weighted by molar-refractivity contribution is 1.50. The maximum absolute atomic E-state index is 7.04. The Morgan fingerprint density at radius 3 is 1.53 bits per heavy atom. The molecule has 0 amide bonds. The molecule has 0 radical (unpaired) electrons. The molecule has 0 aliphatic rings. The highest BCUT2D eigenvalue weighted by Crippen LogP contribution is 2.05. The summed E-state index contributed by atoms with van der Waals surface area (Å²) in [6.07, 6.45) is 8.43. The van der Waals surface area contributed by atoms with Gasteiger partial charge in [-0.05, 0) is 18.1 Å². The van der Waals surface area contributed by atoms with Crippen LogP contribution in [0.3, 0.4) is 0 Å². The van der Waals surface area contributed by atoms with Crippen molar-refractivity contribution in [3.8, 4) is 0 Å². The number of allylic oxidation sites excluding steroid dienone is 6. The van der Waals surface area contributed by atoms with Crippen LogP contribution in [0.2, 0.25) is 0 Å². The summed E-state index contributed by atoms with van der Waals surface area (Å²) in [6, 6.07) is 0. The molecule has 0 aliphatic heterocycles. The van der Waals surface area contributed by atoms with Gasteiger partial charge in [-0.25, -0.2) is 0 Å². The van der Waals surface area contributed by atoms with E-state index >= 15 is 0 Å². The quantitative estimate of drug-likeness (QED) is 0.499. The predicted octanol–water partition coefficient (Wildman–Crippen LogP) is 4.93. The lowest BCUT2D eigenvalue weighted by Gasteiger charge is -1.96. The molecule has 0 aromatic heterocycles. The van der Waals surface area contributed by atoms with Crippen molar-refractivity contribution in [1.82, 2.24) is 0 Å². The molecule has 0 heterocycles. The second-order valence-electron chi connectivity index (χ2n) is 1.96. The van der Waals surface area contributed by atoms with Crippen LogP contribution in [0.5, 0.6) is 0 Å². The Morgan fingerprint density at radius 2 is 1.33 bits per heavy atom. The van der Waals surface area contributed by atoms with Gasteiger partial charge in [-0.3, -0.25) is 0 Å². The maximum atomic E-state index is 7.04. The third-order valence-electron chi connectivity index (χ3n) is 1.27. The van der Waals surface area contributed by atoms with Crippen LogP contribution in [0.1, 0.15) is 34.6 Å². The molecule has 1 heteroatoms. The van der Waals surface area contributed by atoms with Crippen molar-refractivity contribution >= 4 is 6.21 Å². The fourth-order valence-corrected chi connectivity index (χ4v) is 0.722. The highest BCUT2D eigenvalue weighted by atomic mass is 14.3. The second kappa shape index (κ2) is 18.4. The molecule has 0 saturated heterocycles. The van der Waals surface area contributed by atoms with E-state index in [4.69, 9.17) is 5.41 Å². The van der Waals surface area contributed by atoms with Crippen molar-refractivity contribution in [2.24, 2.45) is 0 Å². The number of nitrogens with one attached hydrogen (secondary N) is 1. The summed E-state index contributed by atoms with van der Waals surface area (Å²) in [4.78, 5) is 0. The fraction of sp³-hybridized carbons (Fsp3) is 0.357. The van der Waals surface area contributed by atoms with Gasteiger partial charge in [0, 0.05) is 6.21 Å². The molecular weight excluding hydrogens is 182 g/mol. The standard InChI is InChI=1S/C10H13N.2C2H6/c1-4-7-9(5-2)10(6-3)8-11;2*1-2/h4-8,11H,2-3H2,1H3;2*1-2H3/b7-4-,10-9+,11-8?;;. The van der Waals surface area contributed by atoms with Gasteiger partial charge in [0.25, 0.3) is 0 Å². The van der Waals surface area contributed by atoms with Crippen LogP contribution >= 0.6 is 0 Å². The second-order valence-corrected chi connectivity index (χ2v) is 1.96. The van der Waals surface area contributed by atoms with E-state index in [0.29, 0.717) is 0 Å². The van der Waals surface area contributed by atoms with Gasteiger partial charge in [-0.2, -0.15) is 0 Å². The molecule has 86 valence electrons. The van der Waals surface area contributed by atoms with Gasteiger partial charge < -0.3 is 5.41 Å². The van der Waals surface area contributed by atoms with Gasteiger partial charge in [-0.1, -0.05) is 65.2 Å². The molecule has 1 nitrogen and oxygen atoms in total. The lowest BCUT2D eigenvalue weighted by atomic mass is 10.1. The lowest BCUT2D eigenvalue weighted by Crippen LogP contribution is -1.83. The van der Waals surface area contributed by atoms with Crippen molar-refractivity contribution in [3.63, 3.8) is 0 Å². The zero-order chi connectivity index (χ0) is 12.7. The van der Waals surface area contributed by atoms with Crippen LogP contribution in [-0.4, -0.2) is 6.21 Å². The smallest absolute Gasteiger partial charge is 0.0256 e. The Balaban J connectivity index is -0.000000318. The summed E-state index contributed by atoms with van der Waals surface area (Å²) >= 11 is 0. The van der Waals surface area contributed by atoms with Crippen molar-refractivity contribution in [3.05, 3.63) is 48.6 Å². The van der Waals surface area contributed by atoms with E-state index in [9.17, 15) is 0 Å². The monoisotopic (exact) mass is 207 g/mol. The summed E-state index contributed by atoms with van der Waals surface area (Å²) in [5, 5.41) is 7.04. The molecule has 0 unspecified atom stereocenters. The Hall–Kier alpha value is -1.37. The highest BCUT2D eigenvalue weighted by molar-refractivity contribution is 5.82. The SMILES string of the molecule is C=C/C(C=N)=C(C=C)\C=C/C.CC.CC. The van der Waals surface area contributed by atoms with E-state index in [0.717, 1.165) is 11.1 Å². The van der Waals surface area contributed by atoms with Crippen molar-refractivity contribution < 1.29 is 0 Å². The molecule has 0 aromatic carbocycles. The average molecular weight is 207 g/mol. The van der Waals surface area contributed by atoms with Crippen molar-refractivity contribution in [2.75, 3.05) is 0 Å². The maximum Gasteiger partial charge on any atom is 0.0256 e. The molecule has 0 rings (SSSR count). The molecule has 0 atom stereocenters. The molecule has 0 spiro atoms. The van der Waals surface area contributed by atoms with E-state index < -0.39 is 0 Å². The van der Waals surface area contributed by atoms with Crippen LogP contribution in [-0.2, 0) is 0 Å². The predicted molar refractivity (Wildman–Crippen MR) is 73.7 cm³/mol. The summed E-state index contributed by atoms with van der Waals surface area (Å²) in [5.41, 5.74) is 1.72. The van der Waals surface area contributed by atoms with E-state index in [1.807, 2.05) is 46.8 Å². The Kier molecular flexibility index (Phi) is 23.6. The third-order valence-corrected chi connectivity index (χ3v) is 1.27. The minimum absolute atomic E-state index is 0.790. The molecule has 1 N–H and O–H groups in total. The fourth-order valence-electron chi connectivity index (χ4n) is 0.722. The summed E-state index contributed by atoms with van der Waals surface area (Å²) in [6.45, 7) is 17.2. The summed E-state index contributed by atoms with van der Waals surface area (Å²) < 4.78 is 0.